The highest BCUT2D eigenvalue weighted by Crippen LogP contribution is 2.13. The molecule has 0 spiro atoms. The Bertz CT molecular complexity index is 457. The molecule has 0 saturated heterocycles. The first-order valence-corrected chi connectivity index (χ1v) is 20.2. The lowest BCUT2D eigenvalue weighted by atomic mass is 10.1. The van der Waals surface area contributed by atoms with Crippen LogP contribution in [0.25, 0.3) is 0 Å². The number of carbonyl (C=O) groups excluding carboxylic acids is 2. The average Bonchev–Trinajstić information content (AvgIpc) is 3.02. The first kappa shape index (κ1) is 47.7. The van der Waals surface area contributed by atoms with Gasteiger partial charge < -0.3 is 15.2 Å². The summed E-state index contributed by atoms with van der Waals surface area (Å²) in [7, 11) is 0. The molecule has 0 fully saturated rings. The van der Waals surface area contributed by atoms with Gasteiger partial charge in [-0.15, -0.1) is 0 Å². The molecule has 0 aliphatic heterocycles. The quantitative estimate of drug-likeness (QED) is 0.0565. The van der Waals surface area contributed by atoms with E-state index in [4.69, 9.17) is 10.5 Å². The van der Waals surface area contributed by atoms with Crippen molar-refractivity contribution < 1.29 is 19.1 Å². The Hall–Kier alpha value is -0.750. The average molecular weight is 646 g/mol. The van der Waals surface area contributed by atoms with E-state index >= 15 is 0 Å². The highest BCUT2D eigenvalue weighted by atomic mass is 32.2. The minimum atomic E-state index is -0.388. The van der Waals surface area contributed by atoms with E-state index < -0.39 is 0 Å². The van der Waals surface area contributed by atoms with Crippen molar-refractivity contribution in [2.24, 2.45) is 5.73 Å². The van der Waals surface area contributed by atoms with Gasteiger partial charge in [-0.3, -0.25) is 9.59 Å². The summed E-state index contributed by atoms with van der Waals surface area (Å²) in [5, 5.41) is 0. The maximum Gasteiger partial charge on any atom is 0.293 e. The normalized spacial score (nSPS) is 11.9. The van der Waals surface area contributed by atoms with Gasteiger partial charge in [-0.05, 0) is 6.92 Å². The highest BCUT2D eigenvalue weighted by molar-refractivity contribution is 7.99. The number of thioether (sulfide) groups is 1. The third-order valence-corrected chi connectivity index (χ3v) is 9.07. The monoisotopic (exact) mass is 646 g/mol. The Labute approximate surface area is 280 Å². The second-order valence-electron chi connectivity index (χ2n) is 12.6. The lowest BCUT2D eigenvalue weighted by Gasteiger charge is -2.13. The lowest BCUT2D eigenvalue weighted by Crippen LogP contribution is -2.24. The van der Waals surface area contributed by atoms with E-state index in [1.807, 2.05) is 6.92 Å². The molecule has 44 heavy (non-hydrogen) atoms. The maximum atomic E-state index is 10.1. The molecule has 2 N–H and O–H groups in total. The number of hydrogen-bond donors (Lipinski definition) is 1. The summed E-state index contributed by atoms with van der Waals surface area (Å²) in [5.74, 6) is 1.36. The van der Waals surface area contributed by atoms with Crippen LogP contribution in [-0.4, -0.2) is 43.2 Å². The fourth-order valence-corrected chi connectivity index (χ4v) is 5.86. The number of unbranched alkanes of at least 4 members (excludes halogenated alkanes) is 24. The van der Waals surface area contributed by atoms with Gasteiger partial charge >= 0.3 is 0 Å². The van der Waals surface area contributed by atoms with Crippen LogP contribution in [0.15, 0.2) is 0 Å². The van der Waals surface area contributed by atoms with Crippen molar-refractivity contribution in [3.63, 3.8) is 0 Å². The number of ether oxygens (including phenoxy) is 2. The molecular formula is C38H79NO4S. The molecule has 0 amide bonds. The lowest BCUT2D eigenvalue weighted by molar-refractivity contribution is -0.141. The minimum Gasteiger partial charge on any atom is -0.464 e. The predicted octanol–water partition coefficient (Wildman–Crippen LogP) is 12.0. The van der Waals surface area contributed by atoms with Gasteiger partial charge in [-0.1, -0.05) is 195 Å². The molecule has 0 saturated carbocycles. The van der Waals surface area contributed by atoms with Crippen LogP contribution in [0.2, 0.25) is 0 Å². The third kappa shape index (κ3) is 50.9. The van der Waals surface area contributed by atoms with Gasteiger partial charge in [-0.2, -0.15) is 11.8 Å². The molecule has 0 aromatic rings. The van der Waals surface area contributed by atoms with Crippen LogP contribution >= 0.6 is 11.8 Å². The van der Waals surface area contributed by atoms with E-state index in [-0.39, 0.29) is 18.8 Å². The zero-order chi connectivity index (χ0) is 33.2. The summed E-state index contributed by atoms with van der Waals surface area (Å²) >= 11 is 1.56. The predicted molar refractivity (Wildman–Crippen MR) is 197 cm³/mol. The molecule has 0 rings (SSSR count). The van der Waals surface area contributed by atoms with Gasteiger partial charge in [0.1, 0.15) is 12.7 Å². The summed E-state index contributed by atoms with van der Waals surface area (Å²) in [6, 6.07) is 0.101. The van der Waals surface area contributed by atoms with Crippen LogP contribution in [0.1, 0.15) is 202 Å². The SMILES string of the molecule is CC(N)CSCC(COC=O)OC=O.CCCCCCCCCCCCCCC.CCCCCCCCCCCCCCC. The Morgan fingerprint density at radius 2 is 0.795 bits per heavy atom. The Morgan fingerprint density at radius 3 is 1.02 bits per heavy atom. The summed E-state index contributed by atoms with van der Waals surface area (Å²) in [4.78, 5) is 20.0. The van der Waals surface area contributed by atoms with Gasteiger partial charge in [0.2, 0.25) is 0 Å². The first-order valence-electron chi connectivity index (χ1n) is 19.0. The van der Waals surface area contributed by atoms with Gasteiger partial charge in [0.15, 0.2) is 0 Å². The number of carbonyl (C=O) groups is 2. The number of hydrogen-bond acceptors (Lipinski definition) is 6. The number of rotatable bonds is 33. The Kier molecular flexibility index (Phi) is 50.5. The van der Waals surface area contributed by atoms with Crippen LogP contribution in [-0.2, 0) is 19.1 Å². The van der Waals surface area contributed by atoms with E-state index in [2.05, 4.69) is 32.4 Å². The molecule has 0 bridgehead atoms. The molecular weight excluding hydrogens is 566 g/mol. The van der Waals surface area contributed by atoms with Crippen LogP contribution in [0.3, 0.4) is 0 Å². The molecule has 5 nitrogen and oxygen atoms in total. The van der Waals surface area contributed by atoms with Crippen LogP contribution in [0.4, 0.5) is 0 Å². The topological polar surface area (TPSA) is 78.6 Å². The van der Waals surface area contributed by atoms with Gasteiger partial charge in [0.05, 0.1) is 0 Å². The largest absolute Gasteiger partial charge is 0.464 e. The molecule has 6 heteroatoms. The van der Waals surface area contributed by atoms with Crippen LogP contribution < -0.4 is 5.73 Å². The van der Waals surface area contributed by atoms with Crippen LogP contribution in [0, 0.1) is 0 Å². The summed E-state index contributed by atoms with van der Waals surface area (Å²) in [5.41, 5.74) is 5.53. The van der Waals surface area contributed by atoms with Gasteiger partial charge in [0.25, 0.3) is 12.9 Å². The summed E-state index contributed by atoms with van der Waals surface area (Å²) in [6.07, 6.45) is 37.5. The van der Waals surface area contributed by atoms with Crippen LogP contribution in [0.5, 0.6) is 0 Å². The molecule has 0 radical (unpaired) electrons. The fraction of sp³-hybridized carbons (Fsp3) is 0.947. The van der Waals surface area contributed by atoms with Crippen molar-refractivity contribution in [2.75, 3.05) is 18.1 Å². The Morgan fingerprint density at radius 1 is 0.500 bits per heavy atom. The zero-order valence-electron chi connectivity index (χ0n) is 30.4. The van der Waals surface area contributed by atoms with Crippen molar-refractivity contribution in [2.45, 2.75) is 214 Å². The van der Waals surface area contributed by atoms with E-state index in [1.54, 1.807) is 11.8 Å². The molecule has 0 aliphatic rings. The van der Waals surface area contributed by atoms with Crippen molar-refractivity contribution in [1.29, 1.82) is 0 Å². The van der Waals surface area contributed by atoms with Crippen molar-refractivity contribution in [1.82, 2.24) is 0 Å². The molecule has 2 atom stereocenters. The molecule has 2 unspecified atom stereocenters. The van der Waals surface area contributed by atoms with E-state index in [9.17, 15) is 9.59 Å². The second kappa shape index (κ2) is 46.7. The summed E-state index contributed by atoms with van der Waals surface area (Å²) in [6.45, 7) is 11.8. The maximum absolute atomic E-state index is 10.1. The third-order valence-electron chi connectivity index (χ3n) is 7.70. The minimum absolute atomic E-state index is 0.0915. The van der Waals surface area contributed by atoms with Gasteiger partial charge in [0, 0.05) is 17.5 Å². The summed E-state index contributed by atoms with van der Waals surface area (Å²) < 4.78 is 9.20. The molecule has 0 aromatic carbocycles. The van der Waals surface area contributed by atoms with Crippen molar-refractivity contribution in [3.05, 3.63) is 0 Å². The highest BCUT2D eigenvalue weighted by Gasteiger charge is 2.10. The standard InChI is InChI=1S/2C15H32.C8H15NO4S/c2*1-3-5-7-9-11-13-15-14-12-10-8-6-4-2;1-7(9)3-14-4-8(13-6-11)2-12-5-10/h2*3-15H2,1-2H3;5-8H,2-4,9H2,1H3. The van der Waals surface area contributed by atoms with E-state index in [0.717, 1.165) is 5.75 Å². The van der Waals surface area contributed by atoms with Crippen molar-refractivity contribution in [3.8, 4) is 0 Å². The molecule has 266 valence electrons. The van der Waals surface area contributed by atoms with Gasteiger partial charge in [-0.25, -0.2) is 0 Å². The first-order chi connectivity index (χ1) is 21.5. The van der Waals surface area contributed by atoms with Crippen molar-refractivity contribution >= 4 is 24.7 Å². The zero-order valence-corrected chi connectivity index (χ0v) is 31.3. The Balaban J connectivity index is -0.000000574. The molecule has 0 aromatic heterocycles. The fourth-order valence-electron chi connectivity index (χ4n) is 4.92. The molecule has 0 aliphatic carbocycles. The smallest absolute Gasteiger partial charge is 0.293 e. The van der Waals surface area contributed by atoms with E-state index in [1.165, 1.54) is 167 Å². The number of nitrogens with two attached hydrogens (primary N) is 1. The second-order valence-corrected chi connectivity index (χ2v) is 13.7. The molecule has 0 heterocycles. The van der Waals surface area contributed by atoms with E-state index in [0.29, 0.717) is 18.7 Å².